The Morgan fingerprint density at radius 3 is 2.65 bits per heavy atom. The molecule has 1 unspecified atom stereocenters. The molecule has 0 aromatic carbocycles. The van der Waals surface area contributed by atoms with Crippen LogP contribution in [0.2, 0.25) is 18.1 Å². The molecule has 3 fully saturated rings. The molecule has 4 rings (SSSR count). The van der Waals surface area contributed by atoms with Crippen LogP contribution in [0.25, 0.3) is 0 Å². The van der Waals surface area contributed by atoms with Crippen molar-refractivity contribution in [2.45, 2.75) is 77.6 Å². The zero-order chi connectivity index (χ0) is 19.0. The van der Waals surface area contributed by atoms with E-state index in [1.807, 2.05) is 0 Å². The van der Waals surface area contributed by atoms with Crippen LogP contribution < -0.4 is 0 Å². The highest BCUT2D eigenvalue weighted by Gasteiger charge is 2.80. The summed E-state index contributed by atoms with van der Waals surface area (Å²) in [6.07, 6.45) is 11.2. The van der Waals surface area contributed by atoms with Crippen LogP contribution in [-0.2, 0) is 14.0 Å². The molecule has 4 aliphatic rings. The van der Waals surface area contributed by atoms with Crippen molar-refractivity contribution in [2.24, 2.45) is 22.7 Å². The summed E-state index contributed by atoms with van der Waals surface area (Å²) in [4.78, 5) is 12.6. The van der Waals surface area contributed by atoms with Gasteiger partial charge in [-0.3, -0.25) is 4.79 Å². The maximum absolute atomic E-state index is 12.6. The minimum absolute atomic E-state index is 0.0379. The highest BCUT2D eigenvalue weighted by molar-refractivity contribution is 6.74. The second-order valence-electron chi connectivity index (χ2n) is 10.7. The first-order valence-corrected chi connectivity index (χ1v) is 13.2. The molecule has 26 heavy (non-hydrogen) atoms. The van der Waals surface area contributed by atoms with Gasteiger partial charge in [0.2, 0.25) is 0 Å². The van der Waals surface area contributed by atoms with Crippen LogP contribution in [0.5, 0.6) is 0 Å². The summed E-state index contributed by atoms with van der Waals surface area (Å²) in [5.74, 6) is 0.500. The number of hydrogen-bond donors (Lipinski definition) is 0. The maximum atomic E-state index is 12.6. The minimum Gasteiger partial charge on any atom is -0.465 e. The number of allylic oxidation sites excluding steroid dienone is 4. The number of ether oxygens (including phenoxy) is 1. The van der Waals surface area contributed by atoms with Crippen molar-refractivity contribution >= 4 is 14.3 Å². The number of rotatable bonds is 3. The van der Waals surface area contributed by atoms with Crippen LogP contribution in [-0.4, -0.2) is 27.0 Å². The maximum Gasteiger partial charge on any atom is 0.310 e. The molecular weight excluding hydrogens is 340 g/mol. The van der Waals surface area contributed by atoms with Gasteiger partial charge in [0.15, 0.2) is 8.32 Å². The average molecular weight is 375 g/mol. The Morgan fingerprint density at radius 1 is 1.31 bits per heavy atom. The number of cyclic esters (lactones) is 1. The Balaban J connectivity index is 1.66. The number of carbonyl (C=O) groups is 1. The van der Waals surface area contributed by atoms with Gasteiger partial charge in [-0.05, 0) is 49.7 Å². The monoisotopic (exact) mass is 374 g/mol. The SMILES string of the molecule is CC(C)(C)[Si](C)(C)O[C@H]1CC[C@]2(C3=CC=CCC3)C3C(=O)OC[C@@]1(C)[C@@H]32. The zero-order valence-corrected chi connectivity index (χ0v) is 18.2. The molecule has 144 valence electrons. The van der Waals surface area contributed by atoms with Crippen LogP contribution >= 0.6 is 0 Å². The Bertz CT molecular complexity index is 686. The first-order chi connectivity index (χ1) is 12.0. The molecule has 0 amide bonds. The molecule has 0 aromatic rings. The molecule has 1 aliphatic heterocycles. The van der Waals surface area contributed by atoms with Crippen molar-refractivity contribution in [1.29, 1.82) is 0 Å². The molecular formula is C22H34O3Si. The second-order valence-corrected chi connectivity index (χ2v) is 15.4. The van der Waals surface area contributed by atoms with Crippen molar-refractivity contribution in [2.75, 3.05) is 6.61 Å². The van der Waals surface area contributed by atoms with E-state index in [9.17, 15) is 4.79 Å². The van der Waals surface area contributed by atoms with Crippen molar-refractivity contribution in [3.63, 3.8) is 0 Å². The summed E-state index contributed by atoms with van der Waals surface area (Å²) >= 11 is 0. The van der Waals surface area contributed by atoms with E-state index in [1.54, 1.807) is 0 Å². The molecule has 0 radical (unpaired) electrons. The summed E-state index contributed by atoms with van der Waals surface area (Å²) < 4.78 is 12.7. The van der Waals surface area contributed by atoms with Gasteiger partial charge >= 0.3 is 5.97 Å². The second kappa shape index (κ2) is 5.57. The van der Waals surface area contributed by atoms with Crippen LogP contribution in [0.4, 0.5) is 0 Å². The summed E-state index contributed by atoms with van der Waals surface area (Å²) in [7, 11) is -1.85. The molecule has 0 aromatic heterocycles. The molecule has 0 bridgehead atoms. The fourth-order valence-corrected chi connectivity index (χ4v) is 7.19. The zero-order valence-electron chi connectivity index (χ0n) is 17.2. The van der Waals surface area contributed by atoms with Gasteiger partial charge in [0, 0.05) is 10.8 Å². The predicted octanol–water partition coefficient (Wildman–Crippen LogP) is 5.24. The van der Waals surface area contributed by atoms with Gasteiger partial charge in [0.1, 0.15) is 0 Å². The summed E-state index contributed by atoms with van der Waals surface area (Å²) in [6, 6.07) is 0. The van der Waals surface area contributed by atoms with Crippen LogP contribution in [0, 0.1) is 22.7 Å². The molecule has 3 aliphatic carbocycles. The normalized spacial score (nSPS) is 42.0. The first-order valence-electron chi connectivity index (χ1n) is 10.2. The number of hydrogen-bond acceptors (Lipinski definition) is 3. The van der Waals surface area contributed by atoms with Gasteiger partial charge in [0.05, 0.1) is 18.6 Å². The Kier molecular flexibility index (Phi) is 3.96. The van der Waals surface area contributed by atoms with Gasteiger partial charge in [-0.1, -0.05) is 51.5 Å². The smallest absolute Gasteiger partial charge is 0.310 e. The number of carbonyl (C=O) groups excluding carboxylic acids is 1. The Morgan fingerprint density at radius 2 is 2.04 bits per heavy atom. The fourth-order valence-electron chi connectivity index (χ4n) is 5.74. The van der Waals surface area contributed by atoms with Crippen molar-refractivity contribution in [3.05, 3.63) is 23.8 Å². The van der Waals surface area contributed by atoms with E-state index in [0.29, 0.717) is 12.5 Å². The molecule has 5 atom stereocenters. The topological polar surface area (TPSA) is 35.5 Å². The largest absolute Gasteiger partial charge is 0.465 e. The van der Waals surface area contributed by atoms with E-state index < -0.39 is 8.32 Å². The standard InChI is InChI=1S/C22H34O3Si/c1-20(2,3)26(5,6)25-16-12-13-22(15-10-8-7-9-11-15)17-18(22)21(16,4)14-24-19(17)23/h7-8,10,16-18H,9,11-14H2,1-6H3/t16-,17?,18+,21+,22-/m0/s1. The van der Waals surface area contributed by atoms with Crippen molar-refractivity contribution in [1.82, 2.24) is 0 Å². The van der Waals surface area contributed by atoms with Gasteiger partial charge < -0.3 is 9.16 Å². The third-order valence-electron chi connectivity index (χ3n) is 8.23. The Hall–Kier alpha value is -0.873. The molecule has 2 saturated carbocycles. The molecule has 1 saturated heterocycles. The Labute approximate surface area is 159 Å². The third-order valence-corrected chi connectivity index (χ3v) is 12.7. The fraction of sp³-hybridized carbons (Fsp3) is 0.773. The summed E-state index contributed by atoms with van der Waals surface area (Å²) in [6.45, 7) is 14.4. The molecule has 4 heteroatoms. The highest BCUT2D eigenvalue weighted by atomic mass is 28.4. The van der Waals surface area contributed by atoms with Crippen molar-refractivity contribution in [3.8, 4) is 0 Å². The number of fused-ring (bicyclic) bond motifs is 1. The molecule has 1 heterocycles. The van der Waals surface area contributed by atoms with Crippen LogP contribution in [0.15, 0.2) is 23.8 Å². The highest BCUT2D eigenvalue weighted by Crippen LogP contribution is 2.78. The van der Waals surface area contributed by atoms with Crippen LogP contribution in [0.1, 0.15) is 53.4 Å². The lowest BCUT2D eigenvalue weighted by Gasteiger charge is -2.49. The van der Waals surface area contributed by atoms with Gasteiger partial charge in [-0.2, -0.15) is 0 Å². The minimum atomic E-state index is -1.85. The van der Waals surface area contributed by atoms with Crippen molar-refractivity contribution < 1.29 is 14.0 Å². The van der Waals surface area contributed by atoms with E-state index in [-0.39, 0.29) is 33.9 Å². The third kappa shape index (κ3) is 2.37. The van der Waals surface area contributed by atoms with Gasteiger partial charge in [-0.25, -0.2) is 0 Å². The van der Waals surface area contributed by atoms with E-state index in [0.717, 1.165) is 25.7 Å². The molecule has 3 nitrogen and oxygen atoms in total. The van der Waals surface area contributed by atoms with E-state index in [1.165, 1.54) is 5.57 Å². The molecule has 0 N–H and O–H groups in total. The van der Waals surface area contributed by atoms with E-state index in [2.05, 4.69) is 59.0 Å². The lowest BCUT2D eigenvalue weighted by Crippen LogP contribution is -2.53. The summed E-state index contributed by atoms with van der Waals surface area (Å²) in [5, 5.41) is 0.197. The lowest BCUT2D eigenvalue weighted by molar-refractivity contribution is -0.160. The lowest BCUT2D eigenvalue weighted by atomic mass is 9.66. The quantitative estimate of drug-likeness (QED) is 0.500. The first kappa shape index (κ1) is 18.5. The van der Waals surface area contributed by atoms with Gasteiger partial charge in [-0.15, -0.1) is 0 Å². The number of esters is 1. The van der Waals surface area contributed by atoms with Crippen LogP contribution in [0.3, 0.4) is 0 Å². The van der Waals surface area contributed by atoms with E-state index >= 15 is 0 Å². The van der Waals surface area contributed by atoms with E-state index in [4.69, 9.17) is 9.16 Å². The summed E-state index contributed by atoms with van der Waals surface area (Å²) in [5.41, 5.74) is 1.50. The predicted molar refractivity (Wildman–Crippen MR) is 106 cm³/mol. The van der Waals surface area contributed by atoms with Gasteiger partial charge in [0.25, 0.3) is 0 Å². The average Bonchev–Trinajstić information content (AvgIpc) is 3.27. The molecule has 0 spiro atoms.